The van der Waals surface area contributed by atoms with Gasteiger partial charge in [0, 0.05) is 93.1 Å². The van der Waals surface area contributed by atoms with Crippen LogP contribution in [0.3, 0.4) is 0 Å². The van der Waals surface area contributed by atoms with Gasteiger partial charge in [0.2, 0.25) is 47.3 Å². The standard InChI is InChI=1S/C64H93N14O16PS2.C2H4O2.Cu/c1-40(79)55-63(89)72-53(62(88)74-56(41(2)80)64(90)91)38-97-96-37-52(71-58(84)49(32-42-12-4-3-5-13-42)67-54(82)36-77-24-10-22-76-27-26-75(28-30-77)23-11-25-78(31-29-76)39-95(92,93)94)61(87)69-50(33-43-17-19-45(81)20-18-43)59(85)70-51(34-44-35-66-47-15-7-6-14-46(44)47)60(86)68-48(57(83)73-55)16-8-9-21-65;1-2(3)4;/h3-7,12-15,17-20,35,40-41,48-53,55-56,66,79-81H,8-11,16,21-34,36-39,65H2,1-2H3,(H,67,82)(H,68,86)(H,69,87)(H,70,85)(H,71,84)(H,72,89)(H,73,83)(H,74,88)(H,90,91)(H2,92,93,94);1H3,(H,3,4);/q;;+2/p-2/t40-,41-,48+,49+,50+,51-,52+,53+,55+,56+;;/m1../s1/i;;1+0. The fourth-order valence-electron chi connectivity index (χ4n) is 11.7. The zero-order valence-corrected chi connectivity index (χ0v) is 60.6. The number of amides is 8. The summed E-state index contributed by atoms with van der Waals surface area (Å²) < 4.78 is 11.8. The number of phenolic OH excluding ortho intramolecular Hbond substituents is 1. The van der Waals surface area contributed by atoms with E-state index in [1.54, 1.807) is 59.6 Å². The molecular weight excluding hydrogens is 1440 g/mol. The Kier molecular flexibility index (Phi) is 36.1. The van der Waals surface area contributed by atoms with Gasteiger partial charge in [0.05, 0.1) is 25.0 Å². The van der Waals surface area contributed by atoms with Crippen molar-refractivity contribution in [2.75, 3.05) is 96.3 Å². The second-order valence-corrected chi connectivity index (χ2v) is 29.4. The van der Waals surface area contributed by atoms with Crippen LogP contribution in [0.25, 0.3) is 10.9 Å². The number of carbonyl (C=O) groups is 10. The van der Waals surface area contributed by atoms with Crippen LogP contribution >= 0.6 is 29.2 Å². The molecule has 1 aromatic heterocycles. The number of hydrogen-bond donors (Lipinski definition) is 15. The largest absolute Gasteiger partial charge is 2.00 e. The van der Waals surface area contributed by atoms with E-state index in [9.17, 15) is 63.5 Å². The van der Waals surface area contributed by atoms with Crippen molar-refractivity contribution in [2.24, 2.45) is 5.73 Å². The summed E-state index contributed by atoms with van der Waals surface area (Å²) in [6.07, 6.45) is -0.646. The predicted octanol–water partition coefficient (Wildman–Crippen LogP) is -3.58. The molecule has 565 valence electrons. The molecule has 0 saturated carbocycles. The summed E-state index contributed by atoms with van der Waals surface area (Å²) in [7, 11) is -2.74. The smallest absolute Gasteiger partial charge is 0.778 e. The minimum absolute atomic E-state index is 0. The zero-order chi connectivity index (χ0) is 73.8. The molecule has 3 aromatic carbocycles. The normalized spacial score (nSPS) is 23.8. The predicted molar refractivity (Wildman–Crippen MR) is 374 cm³/mol. The average Bonchev–Trinajstić information content (AvgIpc) is 1.59. The van der Waals surface area contributed by atoms with Crippen LogP contribution < -0.4 is 58.3 Å². The molecule has 13 atom stereocenters. The Hall–Kier alpha value is -7.21. The van der Waals surface area contributed by atoms with Crippen molar-refractivity contribution in [3.63, 3.8) is 0 Å². The van der Waals surface area contributed by atoms with E-state index in [1.165, 1.54) is 31.2 Å². The fraction of sp³-hybridized carbons (Fsp3) is 0.545. The number of aromatic nitrogens is 1. The second kappa shape index (κ2) is 43.2. The van der Waals surface area contributed by atoms with E-state index in [0.717, 1.165) is 48.5 Å². The molecule has 36 heteroatoms. The molecule has 3 aliphatic rings. The third-order valence-electron chi connectivity index (χ3n) is 17.0. The molecule has 102 heavy (non-hydrogen) atoms. The molecule has 8 amide bonds. The number of nitrogens with zero attached hydrogens (tertiary/aromatic N) is 4. The molecule has 4 heterocycles. The Morgan fingerprint density at radius 3 is 1.87 bits per heavy atom. The van der Waals surface area contributed by atoms with Gasteiger partial charge in [-0.15, -0.1) is 0 Å². The summed E-state index contributed by atoms with van der Waals surface area (Å²) in [6.45, 7) is 9.15. The maximum atomic E-state index is 15.3. The summed E-state index contributed by atoms with van der Waals surface area (Å²) in [5.74, 6) is -10.8. The Labute approximate surface area is 610 Å². The van der Waals surface area contributed by atoms with Gasteiger partial charge in [0.15, 0.2) is 6.04 Å². The molecule has 0 aliphatic carbocycles. The molecule has 4 aromatic rings. The number of benzene rings is 3. The van der Waals surface area contributed by atoms with E-state index >= 15 is 14.4 Å². The maximum Gasteiger partial charge on any atom is 2.00 e. The van der Waals surface area contributed by atoms with Crippen molar-refractivity contribution in [2.45, 2.75) is 133 Å². The number of nitrogens with two attached hydrogens (primary N) is 1. The van der Waals surface area contributed by atoms with Crippen LogP contribution in [-0.4, -0.2) is 266 Å². The van der Waals surface area contributed by atoms with Crippen LogP contribution in [0.1, 0.15) is 69.6 Å². The molecule has 3 fully saturated rings. The van der Waals surface area contributed by atoms with Crippen LogP contribution in [0.5, 0.6) is 5.75 Å². The van der Waals surface area contributed by atoms with E-state index in [-0.39, 0.29) is 73.8 Å². The Morgan fingerprint density at radius 1 is 0.686 bits per heavy atom. The van der Waals surface area contributed by atoms with Crippen molar-refractivity contribution in [3.8, 4) is 5.75 Å². The minimum atomic E-state index is -4.52. The van der Waals surface area contributed by atoms with Crippen molar-refractivity contribution < 1.29 is 105 Å². The van der Waals surface area contributed by atoms with E-state index in [4.69, 9.17) is 15.6 Å². The van der Waals surface area contributed by atoms with Crippen molar-refractivity contribution >= 4 is 99.3 Å². The van der Waals surface area contributed by atoms with Gasteiger partial charge in [-0.05, 0) is 120 Å². The van der Waals surface area contributed by atoms with Crippen molar-refractivity contribution in [1.82, 2.24) is 67.1 Å². The maximum absolute atomic E-state index is 15.3. The molecule has 2 bridgehead atoms. The molecular formula is C66H95CuN14O18PS2. The number of carboxylic acid groups (broad SMARTS) is 2. The quantitative estimate of drug-likeness (QED) is 0.0157. The van der Waals surface area contributed by atoms with Gasteiger partial charge in [-0.1, -0.05) is 82.3 Å². The Morgan fingerprint density at radius 2 is 1.25 bits per heavy atom. The Balaban J connectivity index is 0.00000364. The second-order valence-electron chi connectivity index (χ2n) is 25.3. The number of aromatic amines is 1. The first-order valence-electron chi connectivity index (χ1n) is 33.5. The third kappa shape index (κ3) is 29.5. The number of aliphatic carboxylic acids is 2. The first-order chi connectivity index (χ1) is 48.0. The molecule has 32 nitrogen and oxygen atoms in total. The first-order valence-corrected chi connectivity index (χ1v) is 37.7. The number of rotatable bonds is 22. The third-order valence-corrected chi connectivity index (χ3v) is 20.2. The molecule has 3 unspecified atom stereocenters. The van der Waals surface area contributed by atoms with Gasteiger partial charge in [0.1, 0.15) is 55.6 Å². The number of hydrogen-bond acceptors (Lipinski definition) is 23. The number of carboxylic acids is 2. The number of aliphatic hydroxyl groups is 2. The van der Waals surface area contributed by atoms with Gasteiger partial charge in [-0.2, -0.15) is 0 Å². The number of nitrogens with one attached hydrogen (secondary N) is 9. The number of fused-ring (bicyclic) bond motifs is 4. The molecule has 0 spiro atoms. The first kappa shape index (κ1) is 85.4. The van der Waals surface area contributed by atoms with Crippen molar-refractivity contribution in [3.05, 3.63) is 102 Å². The summed E-state index contributed by atoms with van der Waals surface area (Å²) in [6, 6.07) is 9.09. The summed E-state index contributed by atoms with van der Waals surface area (Å²) in [4.78, 5) is 172. The van der Waals surface area contributed by atoms with Gasteiger partial charge in [-0.25, -0.2) is 4.79 Å². The number of carbonyl (C=O) groups excluding carboxylic acids is 9. The monoisotopic (exact) mass is 1530 g/mol. The van der Waals surface area contributed by atoms with Crippen LogP contribution in [-0.2, 0) is 88.8 Å². The molecule has 16 N–H and O–H groups in total. The van der Waals surface area contributed by atoms with E-state index < -0.39 is 139 Å². The molecule has 3 saturated heterocycles. The number of para-hydroxylation sites is 1. The number of H-pyrrole nitrogens is 1. The van der Waals surface area contributed by atoms with Gasteiger partial charge < -0.3 is 108 Å². The summed E-state index contributed by atoms with van der Waals surface area (Å²) in [5, 5.41) is 72.5. The average molecular weight is 1530 g/mol. The van der Waals surface area contributed by atoms with Gasteiger partial charge in [0.25, 0.3) is 0 Å². The zero-order valence-electron chi connectivity index (χ0n) is 57.1. The van der Waals surface area contributed by atoms with Crippen LogP contribution in [0.2, 0.25) is 0 Å². The number of unbranched alkanes of at least 4 members (excludes halogenated alkanes) is 1. The number of phenols is 1. The van der Waals surface area contributed by atoms with Gasteiger partial charge >= 0.3 is 23.0 Å². The minimum Gasteiger partial charge on any atom is -0.778 e. The molecule has 3 aliphatic heterocycles. The van der Waals surface area contributed by atoms with E-state index in [0.29, 0.717) is 99.2 Å². The van der Waals surface area contributed by atoms with Crippen LogP contribution in [0, 0.1) is 0 Å². The van der Waals surface area contributed by atoms with E-state index in [1.807, 2.05) is 11.0 Å². The van der Waals surface area contributed by atoms with E-state index in [2.05, 4.69) is 57.3 Å². The molecule has 1 radical (unpaired) electrons. The topological polar surface area (TPSA) is 486 Å². The molecule has 7 rings (SSSR count). The summed E-state index contributed by atoms with van der Waals surface area (Å²) in [5.41, 5.74) is 8.19. The number of aliphatic hydroxyl groups excluding tert-OH is 2. The van der Waals surface area contributed by atoms with Crippen molar-refractivity contribution in [1.29, 1.82) is 0 Å². The van der Waals surface area contributed by atoms with Crippen LogP contribution in [0.4, 0.5) is 0 Å². The van der Waals surface area contributed by atoms with Gasteiger partial charge in [-0.3, -0.25) is 48.2 Å². The fourth-order valence-corrected chi connectivity index (χ4v) is 14.8. The summed E-state index contributed by atoms with van der Waals surface area (Å²) >= 11 is 0. The Bertz CT molecular complexity index is 3450. The number of aromatic hydroxyl groups is 1. The van der Waals surface area contributed by atoms with Crippen LogP contribution in [0.15, 0.2) is 85.1 Å². The SMILES string of the molecule is CC(=O)[O-].C[C@@H](O)[C@H](NC(=O)[C@@H]1CSSC[C@H](NC(=O)[C@H](Cc2ccccc2)NC(=O)CN2CCCN3CCN(CCCN(CP(=O)([O-])O)CC3)CC2)C(=O)N[C@@H](Cc2ccc(O)cc2)C(=O)N[C@H](Cc2c[nH]c3ccccc23)C(=O)N[C@@H](CCCCN)C(=O)N[C@@H]([C@@H](C)O)C(=O)N1)C(=O)O.[64Cu+2].